The number of hydrogen-bond donors (Lipinski definition) is 2. The molecule has 2 aromatic rings. The van der Waals surface area contributed by atoms with Gasteiger partial charge < -0.3 is 20.1 Å². The molecule has 0 atom stereocenters. The SMILES string of the molecule is CNCCCNCc1cc(Br)c(OCc2ccc(F)cc2)c(OC)c1. The van der Waals surface area contributed by atoms with Crippen LogP contribution in [0.4, 0.5) is 4.39 Å². The molecular formula is C19H24BrFN2O2. The molecule has 25 heavy (non-hydrogen) atoms. The smallest absolute Gasteiger partial charge is 0.175 e. The van der Waals surface area contributed by atoms with Gasteiger partial charge >= 0.3 is 0 Å². The van der Waals surface area contributed by atoms with E-state index in [1.54, 1.807) is 19.2 Å². The fraction of sp³-hybridized carbons (Fsp3) is 0.368. The molecule has 0 radical (unpaired) electrons. The first-order valence-corrected chi connectivity index (χ1v) is 9.02. The summed E-state index contributed by atoms with van der Waals surface area (Å²) in [6.45, 7) is 3.05. The summed E-state index contributed by atoms with van der Waals surface area (Å²) in [5, 5.41) is 6.53. The van der Waals surface area contributed by atoms with E-state index in [1.165, 1.54) is 12.1 Å². The minimum atomic E-state index is -0.255. The van der Waals surface area contributed by atoms with E-state index in [2.05, 4.69) is 26.6 Å². The maximum absolute atomic E-state index is 13.0. The lowest BCUT2D eigenvalue weighted by molar-refractivity contribution is 0.282. The first-order chi connectivity index (χ1) is 12.1. The van der Waals surface area contributed by atoms with Gasteiger partial charge in [-0.1, -0.05) is 12.1 Å². The monoisotopic (exact) mass is 410 g/mol. The third-order valence-corrected chi connectivity index (χ3v) is 4.28. The minimum Gasteiger partial charge on any atom is -0.493 e. The van der Waals surface area contributed by atoms with Gasteiger partial charge in [0.1, 0.15) is 12.4 Å². The topological polar surface area (TPSA) is 42.5 Å². The maximum Gasteiger partial charge on any atom is 0.175 e. The predicted octanol–water partition coefficient (Wildman–Crippen LogP) is 3.87. The number of nitrogens with one attached hydrogen (secondary N) is 2. The molecule has 0 spiro atoms. The van der Waals surface area contributed by atoms with E-state index in [-0.39, 0.29) is 5.82 Å². The molecule has 136 valence electrons. The third kappa shape index (κ3) is 6.30. The molecule has 0 aliphatic heterocycles. The van der Waals surface area contributed by atoms with Gasteiger partial charge in [-0.05, 0) is 77.9 Å². The van der Waals surface area contributed by atoms with Gasteiger partial charge in [-0.2, -0.15) is 0 Å². The Hall–Kier alpha value is -1.63. The fourth-order valence-corrected chi connectivity index (χ4v) is 2.98. The lowest BCUT2D eigenvalue weighted by Crippen LogP contribution is -2.19. The molecule has 2 aromatic carbocycles. The summed E-state index contributed by atoms with van der Waals surface area (Å²) in [6.07, 6.45) is 1.08. The van der Waals surface area contributed by atoms with E-state index in [4.69, 9.17) is 9.47 Å². The second kappa shape index (κ2) is 10.4. The average Bonchev–Trinajstić information content (AvgIpc) is 2.61. The van der Waals surface area contributed by atoms with Crippen molar-refractivity contribution in [2.45, 2.75) is 19.6 Å². The van der Waals surface area contributed by atoms with Crippen LogP contribution in [0.5, 0.6) is 11.5 Å². The summed E-state index contributed by atoms with van der Waals surface area (Å²) in [5.41, 5.74) is 2.01. The molecule has 0 saturated heterocycles. The first-order valence-electron chi connectivity index (χ1n) is 8.23. The van der Waals surface area contributed by atoms with Crippen LogP contribution in [0.15, 0.2) is 40.9 Å². The highest BCUT2D eigenvalue weighted by Gasteiger charge is 2.12. The molecule has 0 bridgehead atoms. The first kappa shape index (κ1) is 19.7. The quantitative estimate of drug-likeness (QED) is 0.583. The predicted molar refractivity (Wildman–Crippen MR) is 102 cm³/mol. The van der Waals surface area contributed by atoms with Crippen molar-refractivity contribution in [2.24, 2.45) is 0 Å². The average molecular weight is 411 g/mol. The van der Waals surface area contributed by atoms with Crippen LogP contribution in [-0.2, 0) is 13.2 Å². The molecule has 0 aliphatic rings. The Balaban J connectivity index is 1.99. The Morgan fingerprint density at radius 2 is 1.84 bits per heavy atom. The Bertz CT molecular complexity index is 665. The molecule has 0 aliphatic carbocycles. The Morgan fingerprint density at radius 3 is 2.52 bits per heavy atom. The molecule has 0 amide bonds. The van der Waals surface area contributed by atoms with Crippen LogP contribution in [-0.4, -0.2) is 27.2 Å². The number of halogens is 2. The van der Waals surface area contributed by atoms with E-state index >= 15 is 0 Å². The van der Waals surface area contributed by atoms with Gasteiger partial charge in [0.25, 0.3) is 0 Å². The van der Waals surface area contributed by atoms with Crippen LogP contribution in [0, 0.1) is 5.82 Å². The molecule has 0 saturated carbocycles. The minimum absolute atomic E-state index is 0.255. The third-order valence-electron chi connectivity index (χ3n) is 3.70. The number of benzene rings is 2. The van der Waals surface area contributed by atoms with Gasteiger partial charge in [0.05, 0.1) is 11.6 Å². The molecule has 6 heteroatoms. The van der Waals surface area contributed by atoms with Crippen LogP contribution >= 0.6 is 15.9 Å². The highest BCUT2D eigenvalue weighted by Crippen LogP contribution is 2.37. The van der Waals surface area contributed by atoms with Crippen molar-refractivity contribution >= 4 is 15.9 Å². The van der Waals surface area contributed by atoms with Gasteiger partial charge in [0, 0.05) is 6.54 Å². The second-order valence-electron chi connectivity index (χ2n) is 5.66. The van der Waals surface area contributed by atoms with Crippen molar-refractivity contribution in [3.63, 3.8) is 0 Å². The van der Waals surface area contributed by atoms with Crippen LogP contribution < -0.4 is 20.1 Å². The number of methoxy groups -OCH3 is 1. The van der Waals surface area contributed by atoms with Gasteiger partial charge in [0.2, 0.25) is 0 Å². The van der Waals surface area contributed by atoms with E-state index < -0.39 is 0 Å². The van der Waals surface area contributed by atoms with Gasteiger partial charge in [-0.25, -0.2) is 4.39 Å². The summed E-state index contributed by atoms with van der Waals surface area (Å²) in [7, 11) is 3.57. The van der Waals surface area contributed by atoms with Crippen molar-refractivity contribution in [3.8, 4) is 11.5 Å². The summed E-state index contributed by atoms with van der Waals surface area (Å²) < 4.78 is 25.1. The van der Waals surface area contributed by atoms with E-state index in [0.717, 1.165) is 41.7 Å². The highest BCUT2D eigenvalue weighted by atomic mass is 79.9. The summed E-state index contributed by atoms with van der Waals surface area (Å²) in [6, 6.07) is 10.3. The number of rotatable bonds is 10. The highest BCUT2D eigenvalue weighted by molar-refractivity contribution is 9.10. The molecule has 2 rings (SSSR count). The number of hydrogen-bond acceptors (Lipinski definition) is 4. The van der Waals surface area contributed by atoms with Gasteiger partial charge in [-0.3, -0.25) is 0 Å². The van der Waals surface area contributed by atoms with Crippen molar-refractivity contribution in [1.29, 1.82) is 0 Å². The standard InChI is InChI=1S/C19H24BrFN2O2/c1-22-8-3-9-23-12-15-10-17(20)19(18(11-15)24-2)25-13-14-4-6-16(21)7-5-14/h4-7,10-11,22-23H,3,8-9,12-13H2,1-2H3. The van der Waals surface area contributed by atoms with Crippen LogP contribution in [0.25, 0.3) is 0 Å². The van der Waals surface area contributed by atoms with Crippen LogP contribution in [0.3, 0.4) is 0 Å². The van der Waals surface area contributed by atoms with Crippen molar-refractivity contribution in [1.82, 2.24) is 10.6 Å². The zero-order chi connectivity index (χ0) is 18.1. The molecule has 0 aromatic heterocycles. The normalized spacial score (nSPS) is 10.7. The lowest BCUT2D eigenvalue weighted by Gasteiger charge is -2.15. The second-order valence-corrected chi connectivity index (χ2v) is 6.51. The Kier molecular flexibility index (Phi) is 8.18. The van der Waals surface area contributed by atoms with Crippen LogP contribution in [0.1, 0.15) is 17.5 Å². The van der Waals surface area contributed by atoms with Gasteiger partial charge in [0.15, 0.2) is 11.5 Å². The maximum atomic E-state index is 13.0. The Morgan fingerprint density at radius 1 is 1.08 bits per heavy atom. The summed E-state index contributed by atoms with van der Waals surface area (Å²) in [5.74, 6) is 1.06. The molecule has 0 heterocycles. The largest absolute Gasteiger partial charge is 0.493 e. The summed E-state index contributed by atoms with van der Waals surface area (Å²) in [4.78, 5) is 0. The number of ether oxygens (including phenoxy) is 2. The van der Waals surface area contributed by atoms with Crippen LogP contribution in [0.2, 0.25) is 0 Å². The van der Waals surface area contributed by atoms with Gasteiger partial charge in [-0.15, -0.1) is 0 Å². The van der Waals surface area contributed by atoms with Crippen molar-refractivity contribution in [2.75, 3.05) is 27.2 Å². The molecule has 0 fully saturated rings. The van der Waals surface area contributed by atoms with E-state index in [0.29, 0.717) is 18.1 Å². The molecular weight excluding hydrogens is 387 g/mol. The van der Waals surface area contributed by atoms with Crippen molar-refractivity contribution < 1.29 is 13.9 Å². The molecule has 0 unspecified atom stereocenters. The summed E-state index contributed by atoms with van der Waals surface area (Å²) >= 11 is 3.56. The lowest BCUT2D eigenvalue weighted by atomic mass is 10.2. The Labute approximate surface area is 156 Å². The zero-order valence-corrected chi connectivity index (χ0v) is 16.2. The van der Waals surface area contributed by atoms with E-state index in [1.807, 2.05) is 19.2 Å². The zero-order valence-electron chi connectivity index (χ0n) is 14.6. The van der Waals surface area contributed by atoms with Crippen molar-refractivity contribution in [3.05, 3.63) is 57.8 Å². The molecule has 4 nitrogen and oxygen atoms in total. The van der Waals surface area contributed by atoms with E-state index in [9.17, 15) is 4.39 Å². The fourth-order valence-electron chi connectivity index (χ4n) is 2.37. The molecule has 2 N–H and O–H groups in total.